The number of hydrogen-bond donors (Lipinski definition) is 1. The number of aliphatic hydroxyl groups excluding tert-OH is 1. The van der Waals surface area contributed by atoms with Crippen molar-refractivity contribution in [1.29, 1.82) is 0 Å². The standard InChI is InChI=1S/C20H43N2O2/c1-5-9-10-11-12-13-14-15-20(24)21(6-2)16-17-22(7-3,8-4)18-19-23/h23H,5-19H2,1-4H3/q+1. The van der Waals surface area contributed by atoms with Gasteiger partial charge in [0.2, 0.25) is 5.91 Å². The lowest BCUT2D eigenvalue weighted by Crippen LogP contribution is -2.53. The van der Waals surface area contributed by atoms with Crippen LogP contribution in [0.5, 0.6) is 0 Å². The van der Waals surface area contributed by atoms with E-state index < -0.39 is 0 Å². The van der Waals surface area contributed by atoms with Crippen LogP contribution in [0, 0.1) is 0 Å². The lowest BCUT2D eigenvalue weighted by atomic mass is 10.1. The Morgan fingerprint density at radius 3 is 1.96 bits per heavy atom. The Labute approximate surface area is 150 Å². The van der Waals surface area contributed by atoms with E-state index in [2.05, 4.69) is 27.7 Å². The zero-order valence-corrected chi connectivity index (χ0v) is 16.9. The van der Waals surface area contributed by atoms with Crippen LogP contribution in [0.2, 0.25) is 0 Å². The molecule has 0 aliphatic rings. The van der Waals surface area contributed by atoms with Gasteiger partial charge in [-0.3, -0.25) is 4.79 Å². The molecule has 144 valence electrons. The number of amides is 1. The molecular weight excluding hydrogens is 300 g/mol. The van der Waals surface area contributed by atoms with Crippen molar-refractivity contribution in [2.24, 2.45) is 0 Å². The molecular formula is C20H43N2O2+. The van der Waals surface area contributed by atoms with Crippen molar-refractivity contribution < 1.29 is 14.4 Å². The summed E-state index contributed by atoms with van der Waals surface area (Å²) in [5, 5.41) is 9.32. The third-order valence-electron chi connectivity index (χ3n) is 5.49. The van der Waals surface area contributed by atoms with E-state index in [1.165, 1.54) is 38.5 Å². The first kappa shape index (κ1) is 23.4. The molecule has 1 amide bonds. The number of hydrogen-bond acceptors (Lipinski definition) is 2. The van der Waals surface area contributed by atoms with Crippen LogP contribution in [-0.2, 0) is 4.79 Å². The van der Waals surface area contributed by atoms with E-state index in [0.717, 1.165) is 50.2 Å². The number of rotatable bonds is 16. The number of carbonyl (C=O) groups excluding carboxylic acids is 1. The molecule has 0 aliphatic carbocycles. The lowest BCUT2D eigenvalue weighted by molar-refractivity contribution is -0.924. The summed E-state index contributed by atoms with van der Waals surface area (Å²) in [4.78, 5) is 14.4. The Hall–Kier alpha value is -0.610. The summed E-state index contributed by atoms with van der Waals surface area (Å²) in [6.45, 7) is 14.3. The van der Waals surface area contributed by atoms with Gasteiger partial charge < -0.3 is 14.5 Å². The normalized spacial score (nSPS) is 11.7. The predicted molar refractivity (Wildman–Crippen MR) is 103 cm³/mol. The molecule has 0 unspecified atom stereocenters. The summed E-state index contributed by atoms with van der Waals surface area (Å²) in [5.74, 6) is 0.306. The zero-order chi connectivity index (χ0) is 18.3. The molecule has 0 atom stereocenters. The van der Waals surface area contributed by atoms with E-state index in [4.69, 9.17) is 0 Å². The zero-order valence-electron chi connectivity index (χ0n) is 16.9. The van der Waals surface area contributed by atoms with Crippen LogP contribution in [0.25, 0.3) is 0 Å². The highest BCUT2D eigenvalue weighted by molar-refractivity contribution is 5.76. The van der Waals surface area contributed by atoms with Gasteiger partial charge in [0.05, 0.1) is 32.8 Å². The Bertz CT molecular complexity index is 304. The molecule has 1 N–H and O–H groups in total. The van der Waals surface area contributed by atoms with Gasteiger partial charge in [-0.1, -0.05) is 45.4 Å². The summed E-state index contributed by atoms with van der Waals surface area (Å²) in [5.41, 5.74) is 0. The second kappa shape index (κ2) is 14.7. The molecule has 4 nitrogen and oxygen atoms in total. The molecule has 0 radical (unpaired) electrons. The fourth-order valence-corrected chi connectivity index (χ4v) is 3.36. The number of aliphatic hydroxyl groups is 1. The molecule has 0 spiro atoms. The summed E-state index contributed by atoms with van der Waals surface area (Å²) in [6, 6.07) is 0. The van der Waals surface area contributed by atoms with Crippen molar-refractivity contribution in [2.75, 3.05) is 45.9 Å². The maximum absolute atomic E-state index is 12.4. The smallest absolute Gasteiger partial charge is 0.222 e. The van der Waals surface area contributed by atoms with Crippen LogP contribution in [0.1, 0.15) is 79.1 Å². The van der Waals surface area contributed by atoms with Crippen molar-refractivity contribution in [2.45, 2.75) is 79.1 Å². The van der Waals surface area contributed by atoms with Gasteiger partial charge in [0, 0.05) is 13.0 Å². The molecule has 0 bridgehead atoms. The summed E-state index contributed by atoms with van der Waals surface area (Å²) >= 11 is 0. The van der Waals surface area contributed by atoms with Crippen LogP contribution >= 0.6 is 0 Å². The first-order chi connectivity index (χ1) is 11.6. The molecule has 4 heteroatoms. The number of unbranched alkanes of at least 4 members (excludes halogenated alkanes) is 6. The highest BCUT2D eigenvalue weighted by Gasteiger charge is 2.24. The highest BCUT2D eigenvalue weighted by atomic mass is 16.3. The average Bonchev–Trinajstić information content (AvgIpc) is 2.60. The number of likely N-dealkylation sites (N-methyl/N-ethyl adjacent to an activating group) is 2. The Balaban J connectivity index is 4.11. The SMILES string of the molecule is CCCCCCCCCC(=O)N(CC)CC[N+](CC)(CC)CCO. The van der Waals surface area contributed by atoms with Crippen LogP contribution < -0.4 is 0 Å². The van der Waals surface area contributed by atoms with E-state index in [1.54, 1.807) is 0 Å². The fraction of sp³-hybridized carbons (Fsp3) is 0.950. The van der Waals surface area contributed by atoms with Crippen molar-refractivity contribution in [3.8, 4) is 0 Å². The summed E-state index contributed by atoms with van der Waals surface area (Å²) in [7, 11) is 0. The second-order valence-corrected chi connectivity index (χ2v) is 6.99. The first-order valence-electron chi connectivity index (χ1n) is 10.3. The molecule has 0 saturated heterocycles. The summed E-state index contributed by atoms with van der Waals surface area (Å²) in [6.07, 6.45) is 9.45. The Morgan fingerprint density at radius 1 is 0.875 bits per heavy atom. The van der Waals surface area contributed by atoms with Crippen LogP contribution in [0.3, 0.4) is 0 Å². The largest absolute Gasteiger partial charge is 0.391 e. The van der Waals surface area contributed by atoms with Gasteiger partial charge in [0.15, 0.2) is 0 Å². The Morgan fingerprint density at radius 2 is 1.46 bits per heavy atom. The van der Waals surface area contributed by atoms with E-state index >= 15 is 0 Å². The fourth-order valence-electron chi connectivity index (χ4n) is 3.36. The van der Waals surface area contributed by atoms with E-state index in [-0.39, 0.29) is 6.61 Å². The number of carbonyl (C=O) groups is 1. The van der Waals surface area contributed by atoms with Gasteiger partial charge in [-0.15, -0.1) is 0 Å². The van der Waals surface area contributed by atoms with Gasteiger partial charge in [0.25, 0.3) is 0 Å². The third kappa shape index (κ3) is 9.63. The average molecular weight is 344 g/mol. The molecule has 0 aliphatic heterocycles. The molecule has 0 aromatic carbocycles. The minimum Gasteiger partial charge on any atom is -0.391 e. The van der Waals surface area contributed by atoms with Gasteiger partial charge in [-0.2, -0.15) is 0 Å². The van der Waals surface area contributed by atoms with Crippen molar-refractivity contribution in [3.63, 3.8) is 0 Å². The van der Waals surface area contributed by atoms with Crippen molar-refractivity contribution >= 4 is 5.91 Å². The molecule has 0 saturated carbocycles. The molecule has 0 aromatic rings. The van der Waals surface area contributed by atoms with Crippen molar-refractivity contribution in [3.05, 3.63) is 0 Å². The van der Waals surface area contributed by atoms with Gasteiger partial charge in [-0.25, -0.2) is 0 Å². The van der Waals surface area contributed by atoms with Gasteiger partial charge in [-0.05, 0) is 27.2 Å². The lowest BCUT2D eigenvalue weighted by Gasteiger charge is -2.38. The quantitative estimate of drug-likeness (QED) is 0.342. The van der Waals surface area contributed by atoms with E-state index in [1.807, 2.05) is 4.90 Å². The predicted octanol–water partition coefficient (Wildman–Crippen LogP) is 3.82. The Kier molecular flexibility index (Phi) is 14.3. The second-order valence-electron chi connectivity index (χ2n) is 6.99. The van der Waals surface area contributed by atoms with Crippen molar-refractivity contribution in [1.82, 2.24) is 4.90 Å². The number of quaternary nitrogens is 1. The minimum absolute atomic E-state index is 0.222. The summed E-state index contributed by atoms with van der Waals surface area (Å²) < 4.78 is 0.901. The van der Waals surface area contributed by atoms with Gasteiger partial charge >= 0.3 is 0 Å². The van der Waals surface area contributed by atoms with Crippen LogP contribution in [-0.4, -0.2) is 66.3 Å². The highest BCUT2D eigenvalue weighted by Crippen LogP contribution is 2.11. The topological polar surface area (TPSA) is 40.5 Å². The molecule has 0 aromatic heterocycles. The molecule has 0 fully saturated rings. The van der Waals surface area contributed by atoms with Gasteiger partial charge in [0.1, 0.15) is 6.54 Å². The minimum atomic E-state index is 0.222. The third-order valence-corrected chi connectivity index (χ3v) is 5.49. The molecule has 0 heterocycles. The van der Waals surface area contributed by atoms with E-state index in [0.29, 0.717) is 12.3 Å². The maximum atomic E-state index is 12.4. The van der Waals surface area contributed by atoms with E-state index in [9.17, 15) is 9.90 Å². The molecule has 24 heavy (non-hydrogen) atoms. The van der Waals surface area contributed by atoms with Crippen LogP contribution in [0.15, 0.2) is 0 Å². The maximum Gasteiger partial charge on any atom is 0.222 e. The van der Waals surface area contributed by atoms with Crippen LogP contribution in [0.4, 0.5) is 0 Å². The first-order valence-corrected chi connectivity index (χ1v) is 10.3. The monoisotopic (exact) mass is 343 g/mol. The number of nitrogens with zero attached hydrogens (tertiary/aromatic N) is 2. The molecule has 0 rings (SSSR count).